The molecule has 0 spiro atoms. The van der Waals surface area contributed by atoms with Gasteiger partial charge in [-0.15, -0.1) is 0 Å². The Hall–Kier alpha value is -1.32. The molecular formula is C7H9NO3. The fourth-order valence-electron chi connectivity index (χ4n) is 0.744. The summed E-state index contributed by atoms with van der Waals surface area (Å²) < 4.78 is 4.55. The molecule has 11 heavy (non-hydrogen) atoms. The summed E-state index contributed by atoms with van der Waals surface area (Å²) >= 11 is 0. The van der Waals surface area contributed by atoms with Gasteiger partial charge in [-0.1, -0.05) is 12.1 Å². The highest BCUT2D eigenvalue weighted by Crippen LogP contribution is 2.05. The quantitative estimate of drug-likeness (QED) is 0.705. The number of nitrogens with zero attached hydrogens (tertiary/aromatic N) is 1. The molecule has 4 nitrogen and oxygen atoms in total. The van der Waals surface area contributed by atoms with Crippen LogP contribution in [-0.2, 0) is 11.2 Å². The lowest BCUT2D eigenvalue weighted by molar-refractivity contribution is -0.141. The van der Waals surface area contributed by atoms with Gasteiger partial charge in [0, 0.05) is 12.5 Å². The first-order valence-electron chi connectivity index (χ1n) is 3.32. The first-order chi connectivity index (χ1) is 5.20. The van der Waals surface area contributed by atoms with Gasteiger partial charge in [-0.25, -0.2) is 0 Å². The van der Waals surface area contributed by atoms with Crippen LogP contribution in [0.3, 0.4) is 0 Å². The van der Waals surface area contributed by atoms with E-state index in [4.69, 9.17) is 5.11 Å². The lowest BCUT2D eigenvalue weighted by Crippen LogP contribution is -2.12. The molecule has 0 aliphatic carbocycles. The molecule has 0 aliphatic heterocycles. The summed E-state index contributed by atoms with van der Waals surface area (Å²) in [6.45, 7) is 1.64. The van der Waals surface area contributed by atoms with Crippen molar-refractivity contribution in [1.29, 1.82) is 0 Å². The first kappa shape index (κ1) is 7.78. The van der Waals surface area contributed by atoms with Crippen molar-refractivity contribution in [2.24, 2.45) is 5.92 Å². The predicted octanol–water partition coefficient (Wildman–Crippen LogP) is 0.938. The van der Waals surface area contributed by atoms with Gasteiger partial charge in [0.15, 0.2) is 0 Å². The summed E-state index contributed by atoms with van der Waals surface area (Å²) in [7, 11) is 0. The maximum absolute atomic E-state index is 10.4. The van der Waals surface area contributed by atoms with Crippen LogP contribution in [0, 0.1) is 5.92 Å². The van der Waals surface area contributed by atoms with Crippen molar-refractivity contribution in [3.05, 3.63) is 18.0 Å². The number of carboxylic acid groups (broad SMARTS) is 1. The van der Waals surface area contributed by atoms with Gasteiger partial charge in [0.05, 0.1) is 11.6 Å². The molecule has 0 saturated heterocycles. The molecule has 0 radical (unpaired) electrons. The van der Waals surface area contributed by atoms with Gasteiger partial charge >= 0.3 is 5.97 Å². The first-order valence-corrected chi connectivity index (χ1v) is 3.32. The van der Waals surface area contributed by atoms with E-state index in [9.17, 15) is 4.79 Å². The predicted molar refractivity (Wildman–Crippen MR) is 37.0 cm³/mol. The van der Waals surface area contributed by atoms with Crippen LogP contribution in [0.4, 0.5) is 0 Å². The second kappa shape index (κ2) is 3.18. The molecule has 0 aliphatic rings. The minimum atomic E-state index is -0.812. The van der Waals surface area contributed by atoms with Crippen LogP contribution in [0.15, 0.2) is 16.9 Å². The molecule has 0 aromatic carbocycles. The minimum absolute atomic E-state index is 0.403. The molecule has 0 saturated carbocycles. The highest BCUT2D eigenvalue weighted by atomic mass is 16.5. The van der Waals surface area contributed by atoms with E-state index in [0.29, 0.717) is 12.1 Å². The zero-order valence-electron chi connectivity index (χ0n) is 6.15. The van der Waals surface area contributed by atoms with Crippen LogP contribution in [-0.4, -0.2) is 16.2 Å². The summed E-state index contributed by atoms with van der Waals surface area (Å²) in [5.41, 5.74) is 0.680. The van der Waals surface area contributed by atoms with E-state index in [2.05, 4.69) is 9.68 Å². The van der Waals surface area contributed by atoms with Crippen LogP contribution in [0.1, 0.15) is 12.6 Å². The monoisotopic (exact) mass is 155 g/mol. The van der Waals surface area contributed by atoms with E-state index in [-0.39, 0.29) is 0 Å². The van der Waals surface area contributed by atoms with E-state index in [1.807, 2.05) is 0 Å². The van der Waals surface area contributed by atoms with Crippen LogP contribution in [0.25, 0.3) is 0 Å². The van der Waals surface area contributed by atoms with Crippen molar-refractivity contribution < 1.29 is 14.4 Å². The summed E-state index contributed by atoms with van der Waals surface area (Å²) in [4.78, 5) is 10.4. The number of aromatic nitrogens is 1. The Labute approximate surface area is 63.8 Å². The number of rotatable bonds is 3. The van der Waals surface area contributed by atoms with Crippen molar-refractivity contribution in [3.63, 3.8) is 0 Å². The highest BCUT2D eigenvalue weighted by molar-refractivity contribution is 5.69. The lowest BCUT2D eigenvalue weighted by atomic mass is 10.1. The summed E-state index contributed by atoms with van der Waals surface area (Å²) in [6.07, 6.45) is 1.86. The summed E-state index contributed by atoms with van der Waals surface area (Å²) in [5.74, 6) is -1.21. The van der Waals surface area contributed by atoms with E-state index in [1.165, 1.54) is 6.26 Å². The van der Waals surface area contributed by atoms with Crippen molar-refractivity contribution in [1.82, 2.24) is 5.16 Å². The van der Waals surface area contributed by atoms with Crippen molar-refractivity contribution >= 4 is 5.97 Å². The third kappa shape index (κ3) is 2.07. The molecule has 1 heterocycles. The van der Waals surface area contributed by atoms with Gasteiger partial charge in [-0.3, -0.25) is 4.79 Å². The molecule has 0 amide bonds. The lowest BCUT2D eigenvalue weighted by Gasteiger charge is -2.00. The zero-order chi connectivity index (χ0) is 8.27. The van der Waals surface area contributed by atoms with Crippen LogP contribution >= 0.6 is 0 Å². The molecule has 1 rings (SSSR count). The van der Waals surface area contributed by atoms with E-state index in [1.54, 1.807) is 13.0 Å². The molecule has 1 aromatic rings. The number of carbonyl (C=O) groups is 1. The van der Waals surface area contributed by atoms with Gasteiger partial charge in [-0.05, 0) is 0 Å². The fourth-order valence-corrected chi connectivity index (χ4v) is 0.744. The maximum atomic E-state index is 10.4. The third-order valence-electron chi connectivity index (χ3n) is 1.43. The van der Waals surface area contributed by atoms with Gasteiger partial charge < -0.3 is 9.63 Å². The fraction of sp³-hybridized carbons (Fsp3) is 0.429. The standard InChI is InChI=1S/C7H9NO3/c1-5(7(9)10)4-6-2-3-11-8-6/h2-3,5H,4H2,1H3,(H,9,10). The van der Waals surface area contributed by atoms with Gasteiger partial charge in [-0.2, -0.15) is 0 Å². The van der Waals surface area contributed by atoms with E-state index in [0.717, 1.165) is 0 Å². The molecule has 1 N–H and O–H groups in total. The number of carboxylic acids is 1. The Kier molecular flexibility index (Phi) is 2.25. The molecule has 1 unspecified atom stereocenters. The topological polar surface area (TPSA) is 63.3 Å². The second-order valence-electron chi connectivity index (χ2n) is 2.43. The van der Waals surface area contributed by atoms with E-state index < -0.39 is 11.9 Å². The van der Waals surface area contributed by atoms with Gasteiger partial charge in [0.2, 0.25) is 0 Å². The largest absolute Gasteiger partial charge is 0.481 e. The summed E-state index contributed by atoms with van der Waals surface area (Å²) in [5, 5.41) is 12.1. The number of hydrogen-bond donors (Lipinski definition) is 1. The van der Waals surface area contributed by atoms with Gasteiger partial charge in [0.25, 0.3) is 0 Å². The Balaban J connectivity index is 2.50. The number of aliphatic carboxylic acids is 1. The normalized spacial score (nSPS) is 12.8. The zero-order valence-corrected chi connectivity index (χ0v) is 6.15. The Morgan fingerprint density at radius 3 is 3.09 bits per heavy atom. The Morgan fingerprint density at radius 1 is 1.91 bits per heavy atom. The maximum Gasteiger partial charge on any atom is 0.306 e. The molecular weight excluding hydrogens is 146 g/mol. The molecule has 0 bridgehead atoms. The Morgan fingerprint density at radius 2 is 2.64 bits per heavy atom. The van der Waals surface area contributed by atoms with Crippen molar-refractivity contribution in [2.75, 3.05) is 0 Å². The molecule has 60 valence electrons. The van der Waals surface area contributed by atoms with Crippen molar-refractivity contribution in [3.8, 4) is 0 Å². The molecule has 1 atom stereocenters. The summed E-state index contributed by atoms with van der Waals surface area (Å²) in [6, 6.07) is 1.67. The molecule has 4 heteroatoms. The SMILES string of the molecule is CC(Cc1ccon1)C(=O)O. The Bertz CT molecular complexity index is 230. The second-order valence-corrected chi connectivity index (χ2v) is 2.43. The van der Waals surface area contributed by atoms with Crippen molar-refractivity contribution in [2.45, 2.75) is 13.3 Å². The van der Waals surface area contributed by atoms with Crippen LogP contribution < -0.4 is 0 Å². The molecule has 0 fully saturated rings. The average molecular weight is 155 g/mol. The van der Waals surface area contributed by atoms with Crippen LogP contribution in [0.2, 0.25) is 0 Å². The average Bonchev–Trinajstić information content (AvgIpc) is 2.39. The number of hydrogen-bond acceptors (Lipinski definition) is 3. The van der Waals surface area contributed by atoms with Crippen LogP contribution in [0.5, 0.6) is 0 Å². The van der Waals surface area contributed by atoms with Gasteiger partial charge in [0.1, 0.15) is 6.26 Å². The van der Waals surface area contributed by atoms with E-state index >= 15 is 0 Å². The third-order valence-corrected chi connectivity index (χ3v) is 1.43. The highest BCUT2D eigenvalue weighted by Gasteiger charge is 2.12. The smallest absolute Gasteiger partial charge is 0.306 e. The minimum Gasteiger partial charge on any atom is -0.481 e. The molecule has 1 aromatic heterocycles.